The molecule has 0 amide bonds. The highest BCUT2D eigenvalue weighted by molar-refractivity contribution is 7.98. The van der Waals surface area contributed by atoms with Crippen molar-refractivity contribution >= 4 is 22.8 Å². The quantitative estimate of drug-likeness (QED) is 0.256. The third-order valence-corrected chi connectivity index (χ3v) is 5.95. The number of aromatic nitrogens is 3. The van der Waals surface area contributed by atoms with Crippen molar-refractivity contribution in [1.29, 1.82) is 0 Å². The Kier molecular flexibility index (Phi) is 4.85. The Labute approximate surface area is 174 Å². The van der Waals surface area contributed by atoms with Crippen LogP contribution in [-0.2, 0) is 5.75 Å². The van der Waals surface area contributed by atoms with Crippen LogP contribution >= 0.6 is 11.8 Å². The molecule has 0 spiro atoms. The van der Waals surface area contributed by atoms with Gasteiger partial charge in [0, 0.05) is 23.2 Å². The van der Waals surface area contributed by atoms with Crippen molar-refractivity contribution in [2.24, 2.45) is 0 Å². The van der Waals surface area contributed by atoms with Crippen LogP contribution in [0, 0.1) is 0 Å². The molecular weight excluding hydrogens is 374 g/mol. The highest BCUT2D eigenvalue weighted by atomic mass is 32.2. The molecule has 0 aliphatic carbocycles. The topological polar surface area (TPSA) is 30.7 Å². The number of para-hydroxylation sites is 1. The van der Waals surface area contributed by atoms with E-state index in [-0.39, 0.29) is 0 Å². The van der Waals surface area contributed by atoms with E-state index >= 15 is 0 Å². The summed E-state index contributed by atoms with van der Waals surface area (Å²) in [4.78, 5) is 9.31. The molecule has 5 rings (SSSR count). The number of thioether (sulfide) groups is 1. The smallest absolute Gasteiger partial charge is 0.149 e. The summed E-state index contributed by atoms with van der Waals surface area (Å²) in [5.74, 6) is 0.873. The number of benzene rings is 3. The Morgan fingerprint density at radius 1 is 0.724 bits per heavy atom. The molecule has 2 heterocycles. The van der Waals surface area contributed by atoms with Gasteiger partial charge >= 0.3 is 0 Å². The fourth-order valence-corrected chi connectivity index (χ4v) is 4.45. The van der Waals surface area contributed by atoms with Gasteiger partial charge in [0.2, 0.25) is 0 Å². The van der Waals surface area contributed by atoms with Crippen molar-refractivity contribution < 1.29 is 0 Å². The molecule has 0 unspecified atom stereocenters. The van der Waals surface area contributed by atoms with Gasteiger partial charge in [0.25, 0.3) is 0 Å². The van der Waals surface area contributed by atoms with E-state index < -0.39 is 0 Å². The zero-order chi connectivity index (χ0) is 19.5. The molecule has 5 aromatic rings. The number of nitrogens with zero attached hydrogens (tertiary/aromatic N) is 3. The fourth-order valence-electron chi connectivity index (χ4n) is 3.49. The Morgan fingerprint density at radius 2 is 1.38 bits per heavy atom. The van der Waals surface area contributed by atoms with Crippen molar-refractivity contribution in [2.45, 2.75) is 10.8 Å². The maximum absolute atomic E-state index is 4.66. The highest BCUT2D eigenvalue weighted by Gasteiger charge is 2.17. The van der Waals surface area contributed by atoms with Crippen molar-refractivity contribution in [2.75, 3.05) is 0 Å². The monoisotopic (exact) mass is 393 g/mol. The lowest BCUT2D eigenvalue weighted by Crippen LogP contribution is -1.94. The normalized spacial score (nSPS) is 11.0. The minimum atomic E-state index is 0.873. The molecule has 0 saturated carbocycles. The lowest BCUT2D eigenvalue weighted by atomic mass is 10.1. The third-order valence-electron chi connectivity index (χ3n) is 4.89. The van der Waals surface area contributed by atoms with E-state index in [1.165, 1.54) is 11.1 Å². The molecule has 4 heteroatoms. The molecule has 0 aliphatic heterocycles. The van der Waals surface area contributed by atoms with Gasteiger partial charge in [-0.2, -0.15) is 0 Å². The minimum absolute atomic E-state index is 0.873. The van der Waals surface area contributed by atoms with Gasteiger partial charge in [-0.15, -0.1) is 11.8 Å². The van der Waals surface area contributed by atoms with Gasteiger partial charge < -0.3 is 4.57 Å². The van der Waals surface area contributed by atoms with E-state index in [2.05, 4.69) is 93.5 Å². The average Bonchev–Trinajstić information content (AvgIpc) is 3.20. The van der Waals surface area contributed by atoms with Crippen molar-refractivity contribution in [3.05, 3.63) is 109 Å². The van der Waals surface area contributed by atoms with Crippen LogP contribution in [0.15, 0.2) is 109 Å². The predicted octanol–water partition coefficient (Wildman–Crippen LogP) is 6.38. The lowest BCUT2D eigenvalue weighted by molar-refractivity contribution is 1.04. The summed E-state index contributed by atoms with van der Waals surface area (Å²) in [5.41, 5.74) is 5.63. The molecule has 140 valence electrons. The first-order chi connectivity index (χ1) is 14.4. The summed E-state index contributed by atoms with van der Waals surface area (Å²) in [7, 11) is 0. The number of hydrogen-bond donors (Lipinski definition) is 0. The maximum Gasteiger partial charge on any atom is 0.149 e. The van der Waals surface area contributed by atoms with E-state index in [1.807, 2.05) is 18.2 Å². The van der Waals surface area contributed by atoms with Gasteiger partial charge in [-0.25, -0.2) is 9.97 Å². The van der Waals surface area contributed by atoms with Crippen molar-refractivity contribution in [3.8, 4) is 16.8 Å². The Morgan fingerprint density at radius 3 is 2.10 bits per heavy atom. The lowest BCUT2D eigenvalue weighted by Gasteiger charge is -2.06. The van der Waals surface area contributed by atoms with Crippen molar-refractivity contribution in [1.82, 2.24) is 14.5 Å². The fraction of sp³-hybridized carbons (Fsp3) is 0.0400. The predicted molar refractivity (Wildman–Crippen MR) is 120 cm³/mol. The summed E-state index contributed by atoms with van der Waals surface area (Å²) in [6.45, 7) is 0. The van der Waals surface area contributed by atoms with Crippen LogP contribution < -0.4 is 0 Å². The third kappa shape index (κ3) is 3.55. The Bertz CT molecular complexity index is 1230. The van der Waals surface area contributed by atoms with Crippen LogP contribution in [0.4, 0.5) is 0 Å². The number of hydrogen-bond acceptors (Lipinski definition) is 3. The average molecular weight is 394 g/mol. The second kappa shape index (κ2) is 7.94. The Hall–Kier alpha value is -3.37. The van der Waals surface area contributed by atoms with Crippen molar-refractivity contribution in [3.63, 3.8) is 0 Å². The van der Waals surface area contributed by atoms with Gasteiger partial charge in [-0.1, -0.05) is 78.9 Å². The standard InChI is InChI=1S/C25H19N3S/c1-4-10-19(11-5-1)17-29-25-23-22(20-12-6-2-7-13-20)16-28(24(23)26-18-27-25)21-14-8-3-9-15-21/h1-16,18H,17H2. The van der Waals surface area contributed by atoms with Gasteiger partial charge in [0.15, 0.2) is 0 Å². The first-order valence-electron chi connectivity index (χ1n) is 9.54. The second-order valence-corrected chi connectivity index (χ2v) is 7.73. The van der Waals surface area contributed by atoms with E-state index in [0.717, 1.165) is 33.1 Å². The first kappa shape index (κ1) is 17.7. The molecule has 0 saturated heterocycles. The van der Waals surface area contributed by atoms with Gasteiger partial charge in [0.05, 0.1) is 5.39 Å². The van der Waals surface area contributed by atoms with Crippen LogP contribution in [0.3, 0.4) is 0 Å². The Balaban J connectivity index is 1.67. The van der Waals surface area contributed by atoms with E-state index in [9.17, 15) is 0 Å². The van der Waals surface area contributed by atoms with Gasteiger partial charge in [0.1, 0.15) is 17.0 Å². The highest BCUT2D eigenvalue weighted by Crippen LogP contribution is 2.37. The van der Waals surface area contributed by atoms with E-state index in [1.54, 1.807) is 18.1 Å². The van der Waals surface area contributed by atoms with Gasteiger partial charge in [-0.05, 0) is 23.3 Å². The molecule has 0 radical (unpaired) electrons. The molecule has 3 aromatic carbocycles. The summed E-state index contributed by atoms with van der Waals surface area (Å²) >= 11 is 1.76. The van der Waals surface area contributed by atoms with E-state index in [4.69, 9.17) is 0 Å². The van der Waals surface area contributed by atoms with Crippen LogP contribution in [0.25, 0.3) is 27.8 Å². The van der Waals surface area contributed by atoms with Crippen LogP contribution in [0.5, 0.6) is 0 Å². The molecule has 2 aromatic heterocycles. The zero-order valence-electron chi connectivity index (χ0n) is 15.8. The second-order valence-electron chi connectivity index (χ2n) is 6.77. The summed E-state index contributed by atoms with van der Waals surface area (Å²) in [6, 6.07) is 31.3. The molecular formula is C25H19N3S. The maximum atomic E-state index is 4.66. The molecule has 0 bridgehead atoms. The number of fused-ring (bicyclic) bond motifs is 1. The molecule has 0 aliphatic rings. The van der Waals surface area contributed by atoms with Gasteiger partial charge in [-0.3, -0.25) is 0 Å². The molecule has 29 heavy (non-hydrogen) atoms. The summed E-state index contributed by atoms with van der Waals surface area (Å²) < 4.78 is 2.16. The molecule has 0 fully saturated rings. The summed E-state index contributed by atoms with van der Waals surface area (Å²) in [6.07, 6.45) is 3.85. The largest absolute Gasteiger partial charge is 0.301 e. The minimum Gasteiger partial charge on any atom is -0.301 e. The molecule has 0 N–H and O–H groups in total. The van der Waals surface area contributed by atoms with E-state index in [0.29, 0.717) is 0 Å². The van der Waals surface area contributed by atoms with Crippen LogP contribution in [0.2, 0.25) is 0 Å². The SMILES string of the molecule is c1ccc(CSc2ncnc3c2c(-c2ccccc2)cn3-c2ccccc2)cc1. The van der Waals surface area contributed by atoms with Crippen LogP contribution in [0.1, 0.15) is 5.56 Å². The molecule has 3 nitrogen and oxygen atoms in total. The summed E-state index contributed by atoms with van der Waals surface area (Å²) in [5, 5.41) is 2.11. The molecule has 0 atom stereocenters. The first-order valence-corrected chi connectivity index (χ1v) is 10.5. The zero-order valence-corrected chi connectivity index (χ0v) is 16.6. The number of rotatable bonds is 5. The van der Waals surface area contributed by atoms with Crippen LogP contribution in [-0.4, -0.2) is 14.5 Å².